The van der Waals surface area contributed by atoms with Crippen molar-refractivity contribution in [2.24, 2.45) is 0 Å². The van der Waals surface area contributed by atoms with Crippen molar-refractivity contribution in [2.45, 2.75) is 44.4 Å². The van der Waals surface area contributed by atoms with E-state index in [-0.39, 0.29) is 10.9 Å². The number of hydrogen-bond acceptors (Lipinski definition) is 5. The molecule has 166 valence electrons. The number of nitrogens with zero attached hydrogens (tertiary/aromatic N) is 3. The molecule has 1 aromatic carbocycles. The summed E-state index contributed by atoms with van der Waals surface area (Å²) in [5.74, 6) is -0.521. The molecular weight excluding hydrogens is 435 g/mol. The molecule has 3 aromatic rings. The molecule has 3 heterocycles. The lowest BCUT2D eigenvalue weighted by Crippen LogP contribution is -2.31. The van der Waals surface area contributed by atoms with Gasteiger partial charge < -0.3 is 10.2 Å². The maximum absolute atomic E-state index is 13.8. The first-order valence-electron chi connectivity index (χ1n) is 10.0. The Kier molecular flexibility index (Phi) is 6.38. The summed E-state index contributed by atoms with van der Waals surface area (Å²) in [7, 11) is 0. The van der Waals surface area contributed by atoms with Crippen molar-refractivity contribution in [3.05, 3.63) is 52.7 Å². The van der Waals surface area contributed by atoms with Crippen LogP contribution in [-0.2, 0) is 13.0 Å². The standard InChI is InChI=1S/C21H21F5N4S/c22-14-4-3-13(18(23)8-14)11-27-15-2-1-6-30(7-5-15)19-17-9-16(10-21(24,25)26)31-20(17)29-12-28-19/h3-4,8-9,12,15,27H,1-2,5-7,10-11H2/t15-/m0/s1. The molecule has 0 radical (unpaired) electrons. The molecule has 10 heteroatoms. The molecule has 0 saturated carbocycles. The third kappa shape index (κ3) is 5.48. The number of thiophene rings is 1. The van der Waals surface area contributed by atoms with Crippen LogP contribution in [-0.4, -0.2) is 35.3 Å². The molecule has 0 spiro atoms. The maximum Gasteiger partial charge on any atom is 0.393 e. The Balaban J connectivity index is 1.43. The summed E-state index contributed by atoms with van der Waals surface area (Å²) in [5.41, 5.74) is 0.412. The molecule has 1 N–H and O–H groups in total. The highest BCUT2D eigenvalue weighted by molar-refractivity contribution is 7.18. The largest absolute Gasteiger partial charge is 0.393 e. The van der Waals surface area contributed by atoms with E-state index in [1.165, 1.54) is 18.5 Å². The molecule has 0 aliphatic carbocycles. The van der Waals surface area contributed by atoms with Crippen molar-refractivity contribution in [2.75, 3.05) is 18.0 Å². The van der Waals surface area contributed by atoms with E-state index in [0.29, 0.717) is 34.7 Å². The van der Waals surface area contributed by atoms with Crippen LogP contribution in [0.1, 0.15) is 29.7 Å². The Hall–Kier alpha value is -2.33. The van der Waals surface area contributed by atoms with Crippen molar-refractivity contribution in [1.29, 1.82) is 0 Å². The zero-order valence-corrected chi connectivity index (χ0v) is 17.4. The fraction of sp³-hybridized carbons (Fsp3) is 0.429. The molecule has 0 unspecified atom stereocenters. The molecule has 0 bridgehead atoms. The van der Waals surface area contributed by atoms with E-state index in [2.05, 4.69) is 20.2 Å². The van der Waals surface area contributed by atoms with Gasteiger partial charge in [0.15, 0.2) is 0 Å². The lowest BCUT2D eigenvalue weighted by molar-refractivity contribution is -0.126. The zero-order valence-electron chi connectivity index (χ0n) is 16.6. The van der Waals surface area contributed by atoms with Gasteiger partial charge in [0.05, 0.1) is 11.8 Å². The van der Waals surface area contributed by atoms with E-state index < -0.39 is 24.2 Å². The lowest BCUT2D eigenvalue weighted by atomic mass is 10.1. The molecule has 4 rings (SSSR count). The predicted octanol–water partition coefficient (Wildman–Crippen LogP) is 5.22. The number of fused-ring (bicyclic) bond motifs is 1. The molecule has 2 aromatic heterocycles. The van der Waals surface area contributed by atoms with Gasteiger partial charge in [-0.3, -0.25) is 0 Å². The Bertz CT molecular complexity index is 1050. The van der Waals surface area contributed by atoms with E-state index in [1.54, 1.807) is 6.07 Å². The smallest absolute Gasteiger partial charge is 0.356 e. The Morgan fingerprint density at radius 3 is 2.71 bits per heavy atom. The third-order valence-electron chi connectivity index (χ3n) is 5.36. The van der Waals surface area contributed by atoms with Crippen molar-refractivity contribution in [3.63, 3.8) is 0 Å². The summed E-state index contributed by atoms with van der Waals surface area (Å²) in [5, 5.41) is 3.98. The van der Waals surface area contributed by atoms with E-state index >= 15 is 0 Å². The minimum Gasteiger partial charge on any atom is -0.356 e. The van der Waals surface area contributed by atoms with Gasteiger partial charge in [0.2, 0.25) is 0 Å². The van der Waals surface area contributed by atoms with E-state index in [4.69, 9.17) is 0 Å². The minimum absolute atomic E-state index is 0.148. The Labute approximate surface area is 180 Å². The first-order chi connectivity index (χ1) is 14.8. The number of hydrogen-bond donors (Lipinski definition) is 1. The van der Waals surface area contributed by atoms with Gasteiger partial charge >= 0.3 is 6.18 Å². The topological polar surface area (TPSA) is 41.0 Å². The van der Waals surface area contributed by atoms with E-state index in [9.17, 15) is 22.0 Å². The fourth-order valence-electron chi connectivity index (χ4n) is 3.86. The number of alkyl halides is 3. The van der Waals surface area contributed by atoms with Crippen LogP contribution in [0.25, 0.3) is 10.2 Å². The average Bonchev–Trinajstić information content (AvgIpc) is 2.94. The Morgan fingerprint density at radius 2 is 1.94 bits per heavy atom. The molecule has 31 heavy (non-hydrogen) atoms. The van der Waals surface area contributed by atoms with Gasteiger partial charge in [-0.1, -0.05) is 6.07 Å². The second-order valence-corrected chi connectivity index (χ2v) is 8.77. The average molecular weight is 456 g/mol. The van der Waals surface area contributed by atoms with Gasteiger partial charge in [-0.2, -0.15) is 13.2 Å². The van der Waals surface area contributed by atoms with Gasteiger partial charge in [0.25, 0.3) is 0 Å². The monoisotopic (exact) mass is 456 g/mol. The molecule has 1 aliphatic rings. The van der Waals surface area contributed by atoms with Crippen LogP contribution in [0.3, 0.4) is 0 Å². The third-order valence-corrected chi connectivity index (χ3v) is 6.40. The van der Waals surface area contributed by atoms with Gasteiger partial charge in [-0.15, -0.1) is 11.3 Å². The summed E-state index contributed by atoms with van der Waals surface area (Å²) < 4.78 is 65.2. The van der Waals surface area contributed by atoms with Crippen molar-refractivity contribution >= 4 is 27.4 Å². The van der Waals surface area contributed by atoms with Crippen LogP contribution >= 0.6 is 11.3 Å². The van der Waals surface area contributed by atoms with E-state index in [1.807, 2.05) is 0 Å². The fourth-order valence-corrected chi connectivity index (χ4v) is 4.88. The highest BCUT2D eigenvalue weighted by Gasteiger charge is 2.29. The van der Waals surface area contributed by atoms with Gasteiger partial charge in [0, 0.05) is 42.2 Å². The predicted molar refractivity (Wildman–Crippen MR) is 110 cm³/mol. The highest BCUT2D eigenvalue weighted by Crippen LogP contribution is 2.34. The molecule has 0 amide bonds. The van der Waals surface area contributed by atoms with Crippen LogP contribution in [0.5, 0.6) is 0 Å². The normalized spacial score (nSPS) is 17.8. The van der Waals surface area contributed by atoms with Crippen LogP contribution in [0.4, 0.5) is 27.8 Å². The summed E-state index contributed by atoms with van der Waals surface area (Å²) in [4.78, 5) is 11.3. The van der Waals surface area contributed by atoms with Gasteiger partial charge in [-0.25, -0.2) is 18.7 Å². The number of nitrogens with one attached hydrogen (secondary N) is 1. The second-order valence-electron chi connectivity index (χ2n) is 7.65. The minimum atomic E-state index is -4.26. The molecule has 1 aliphatic heterocycles. The van der Waals surface area contributed by atoms with Crippen LogP contribution in [0, 0.1) is 11.6 Å². The second kappa shape index (κ2) is 9.04. The summed E-state index contributed by atoms with van der Waals surface area (Å²) in [6, 6.07) is 5.24. The van der Waals surface area contributed by atoms with Gasteiger partial charge in [-0.05, 0) is 31.4 Å². The van der Waals surface area contributed by atoms with E-state index in [0.717, 1.165) is 43.2 Å². The summed E-state index contributed by atoms with van der Waals surface area (Å²) >= 11 is 1.04. The van der Waals surface area contributed by atoms with Crippen molar-refractivity contribution in [3.8, 4) is 0 Å². The van der Waals surface area contributed by atoms with Crippen LogP contribution in [0.2, 0.25) is 0 Å². The molecule has 1 fully saturated rings. The molecule has 4 nitrogen and oxygen atoms in total. The molecule has 1 atom stereocenters. The van der Waals surface area contributed by atoms with Crippen molar-refractivity contribution in [1.82, 2.24) is 15.3 Å². The van der Waals surface area contributed by atoms with Gasteiger partial charge in [0.1, 0.15) is 28.6 Å². The van der Waals surface area contributed by atoms with Crippen molar-refractivity contribution < 1.29 is 22.0 Å². The number of aromatic nitrogens is 2. The first-order valence-corrected chi connectivity index (χ1v) is 10.8. The molecular formula is C21H21F5N4S. The number of halogens is 5. The Morgan fingerprint density at radius 1 is 1.10 bits per heavy atom. The molecule has 1 saturated heterocycles. The summed E-state index contributed by atoms with van der Waals surface area (Å²) in [6.45, 7) is 1.69. The summed E-state index contributed by atoms with van der Waals surface area (Å²) in [6.07, 6.45) is -1.35. The van der Waals surface area contributed by atoms with Crippen LogP contribution < -0.4 is 10.2 Å². The maximum atomic E-state index is 13.8. The quantitative estimate of drug-likeness (QED) is 0.535. The number of anilines is 1. The first kappa shape index (κ1) is 21.9. The highest BCUT2D eigenvalue weighted by atomic mass is 32.1. The number of rotatable bonds is 5. The number of benzene rings is 1. The SMILES string of the molecule is Fc1ccc(CN[C@H]2CCCN(c3ncnc4sc(CC(F)(F)F)cc34)CC2)c(F)c1. The lowest BCUT2D eigenvalue weighted by Gasteiger charge is -2.22. The zero-order chi connectivity index (χ0) is 22.0. The van der Waals surface area contributed by atoms with Crippen LogP contribution in [0.15, 0.2) is 30.6 Å².